The lowest BCUT2D eigenvalue weighted by atomic mass is 10.0. The molecular formula is C17H22Cl2N4O2. The first-order valence-electron chi connectivity index (χ1n) is 8.35. The van der Waals surface area contributed by atoms with Crippen LogP contribution in [0.2, 0.25) is 10.0 Å². The highest BCUT2D eigenvalue weighted by Gasteiger charge is 2.31. The van der Waals surface area contributed by atoms with E-state index in [1.165, 1.54) is 0 Å². The molecule has 3 rings (SSSR count). The molecule has 8 heteroatoms. The van der Waals surface area contributed by atoms with Crippen molar-refractivity contribution in [3.05, 3.63) is 45.5 Å². The Bertz CT molecular complexity index is 704. The topological polar surface area (TPSA) is 63.4 Å². The average Bonchev–Trinajstić information content (AvgIpc) is 3.06. The normalized spacial score (nSPS) is 18.2. The summed E-state index contributed by atoms with van der Waals surface area (Å²) in [6.07, 6.45) is 0.699. The molecule has 2 heterocycles. The molecule has 0 bridgehead atoms. The number of aromatic nitrogens is 2. The lowest BCUT2D eigenvalue weighted by Gasteiger charge is -2.33. The standard InChI is InChI=1S/C17H22Cl2N4O2/c1-11(20-2)9-15-21-17(25-22-15)16(23-5-7-24-8-6-23)13-4-3-12(18)10-14(13)19/h3-4,10-11,16,20H,5-9H2,1-2H3. The lowest BCUT2D eigenvalue weighted by Crippen LogP contribution is -2.39. The molecule has 1 N–H and O–H groups in total. The molecule has 1 saturated heterocycles. The highest BCUT2D eigenvalue weighted by atomic mass is 35.5. The molecule has 0 amide bonds. The van der Waals surface area contributed by atoms with Gasteiger partial charge < -0.3 is 14.6 Å². The van der Waals surface area contributed by atoms with Crippen LogP contribution in [-0.2, 0) is 11.2 Å². The van der Waals surface area contributed by atoms with Crippen LogP contribution in [-0.4, -0.2) is 54.4 Å². The van der Waals surface area contributed by atoms with Crippen LogP contribution in [0.5, 0.6) is 0 Å². The van der Waals surface area contributed by atoms with Crippen molar-refractivity contribution in [2.75, 3.05) is 33.4 Å². The first kappa shape index (κ1) is 18.6. The highest BCUT2D eigenvalue weighted by molar-refractivity contribution is 6.35. The molecule has 0 saturated carbocycles. The summed E-state index contributed by atoms with van der Waals surface area (Å²) in [5.41, 5.74) is 0.907. The van der Waals surface area contributed by atoms with Crippen molar-refractivity contribution in [3.63, 3.8) is 0 Å². The third-order valence-electron chi connectivity index (χ3n) is 4.37. The minimum atomic E-state index is -0.209. The first-order chi connectivity index (χ1) is 12.1. The fraction of sp³-hybridized carbons (Fsp3) is 0.529. The van der Waals surface area contributed by atoms with Crippen LogP contribution in [0, 0.1) is 0 Å². The number of nitrogens with zero attached hydrogens (tertiary/aromatic N) is 3. The Kier molecular flexibility index (Phi) is 6.30. The smallest absolute Gasteiger partial charge is 0.248 e. The zero-order valence-electron chi connectivity index (χ0n) is 14.3. The van der Waals surface area contributed by atoms with Gasteiger partial charge in [-0.25, -0.2) is 0 Å². The van der Waals surface area contributed by atoms with Gasteiger partial charge in [-0.15, -0.1) is 0 Å². The van der Waals surface area contributed by atoms with Gasteiger partial charge in [0.15, 0.2) is 5.82 Å². The summed E-state index contributed by atoms with van der Waals surface area (Å²) in [5, 5.41) is 8.51. The summed E-state index contributed by atoms with van der Waals surface area (Å²) in [4.78, 5) is 6.87. The van der Waals surface area contributed by atoms with Crippen molar-refractivity contribution in [2.45, 2.75) is 25.4 Å². The van der Waals surface area contributed by atoms with Crippen molar-refractivity contribution in [1.82, 2.24) is 20.4 Å². The van der Waals surface area contributed by atoms with E-state index in [-0.39, 0.29) is 12.1 Å². The van der Waals surface area contributed by atoms with E-state index in [1.54, 1.807) is 6.07 Å². The molecule has 136 valence electrons. The maximum Gasteiger partial charge on any atom is 0.248 e. The maximum atomic E-state index is 6.46. The molecule has 2 aromatic rings. The fourth-order valence-corrected chi connectivity index (χ4v) is 3.39. The Morgan fingerprint density at radius 1 is 1.28 bits per heavy atom. The minimum absolute atomic E-state index is 0.209. The third kappa shape index (κ3) is 4.51. The van der Waals surface area contributed by atoms with Crippen molar-refractivity contribution in [1.29, 1.82) is 0 Å². The molecule has 0 aliphatic carbocycles. The van der Waals surface area contributed by atoms with E-state index in [9.17, 15) is 0 Å². The molecule has 1 fully saturated rings. The fourth-order valence-electron chi connectivity index (χ4n) is 2.88. The molecular weight excluding hydrogens is 363 g/mol. The van der Waals surface area contributed by atoms with Gasteiger partial charge in [0.25, 0.3) is 0 Å². The monoisotopic (exact) mass is 384 g/mol. The molecule has 0 radical (unpaired) electrons. The minimum Gasteiger partial charge on any atom is -0.379 e. The number of benzene rings is 1. The van der Waals surface area contributed by atoms with Gasteiger partial charge in [0.05, 0.1) is 13.2 Å². The summed E-state index contributed by atoms with van der Waals surface area (Å²) in [6, 6.07) is 5.56. The zero-order valence-corrected chi connectivity index (χ0v) is 15.8. The van der Waals surface area contributed by atoms with Crippen LogP contribution < -0.4 is 5.32 Å². The Hall–Kier alpha value is -1.18. The van der Waals surface area contributed by atoms with Crippen LogP contribution in [0.15, 0.2) is 22.7 Å². The van der Waals surface area contributed by atoms with E-state index in [2.05, 4.69) is 27.3 Å². The van der Waals surface area contributed by atoms with E-state index < -0.39 is 0 Å². The molecule has 2 atom stereocenters. The number of morpholine rings is 1. The van der Waals surface area contributed by atoms with Crippen LogP contribution in [0.25, 0.3) is 0 Å². The van der Waals surface area contributed by atoms with Gasteiger partial charge >= 0.3 is 0 Å². The Morgan fingerprint density at radius 3 is 2.72 bits per heavy atom. The molecule has 25 heavy (non-hydrogen) atoms. The summed E-state index contributed by atoms with van der Waals surface area (Å²) < 4.78 is 11.1. The van der Waals surface area contributed by atoms with E-state index in [0.717, 1.165) is 18.7 Å². The average molecular weight is 385 g/mol. The van der Waals surface area contributed by atoms with Crippen LogP contribution in [0.4, 0.5) is 0 Å². The van der Waals surface area contributed by atoms with Crippen LogP contribution in [0.3, 0.4) is 0 Å². The second kappa shape index (κ2) is 8.47. The van der Waals surface area contributed by atoms with Crippen molar-refractivity contribution < 1.29 is 9.26 Å². The Balaban J connectivity index is 1.93. The molecule has 1 aromatic heterocycles. The van der Waals surface area contributed by atoms with Crippen LogP contribution >= 0.6 is 23.2 Å². The second-order valence-corrected chi connectivity index (χ2v) is 7.00. The lowest BCUT2D eigenvalue weighted by molar-refractivity contribution is 0.0181. The van der Waals surface area contributed by atoms with Gasteiger partial charge in [-0.2, -0.15) is 4.98 Å². The molecule has 2 unspecified atom stereocenters. The Labute approximate surface area is 157 Å². The SMILES string of the molecule is CNC(C)Cc1noc(C(c2ccc(Cl)cc2Cl)N2CCOCC2)n1. The van der Waals surface area contributed by atoms with Crippen molar-refractivity contribution >= 4 is 23.2 Å². The van der Waals surface area contributed by atoms with Gasteiger partial charge in [0.2, 0.25) is 5.89 Å². The number of hydrogen-bond acceptors (Lipinski definition) is 6. The van der Waals surface area contributed by atoms with Gasteiger partial charge in [0.1, 0.15) is 6.04 Å². The molecule has 1 aliphatic rings. The molecule has 1 aliphatic heterocycles. The summed E-state index contributed by atoms with van der Waals surface area (Å²) in [5.74, 6) is 1.23. The van der Waals surface area contributed by atoms with Gasteiger partial charge in [-0.1, -0.05) is 34.4 Å². The number of likely N-dealkylation sites (N-methyl/N-ethyl adjacent to an activating group) is 1. The van der Waals surface area contributed by atoms with E-state index in [4.69, 9.17) is 32.5 Å². The van der Waals surface area contributed by atoms with Gasteiger partial charge in [0, 0.05) is 35.6 Å². The summed E-state index contributed by atoms with van der Waals surface area (Å²) >= 11 is 12.5. The number of hydrogen-bond donors (Lipinski definition) is 1. The number of halogens is 2. The molecule has 1 aromatic carbocycles. The van der Waals surface area contributed by atoms with E-state index in [1.807, 2.05) is 19.2 Å². The summed E-state index contributed by atoms with van der Waals surface area (Å²) in [7, 11) is 1.91. The van der Waals surface area contributed by atoms with Crippen molar-refractivity contribution in [3.8, 4) is 0 Å². The molecule has 0 spiro atoms. The maximum absolute atomic E-state index is 6.46. The predicted octanol–water partition coefficient (Wildman–Crippen LogP) is 2.95. The quantitative estimate of drug-likeness (QED) is 0.825. The molecule has 6 nitrogen and oxygen atoms in total. The summed E-state index contributed by atoms with van der Waals surface area (Å²) in [6.45, 7) is 4.95. The Morgan fingerprint density at radius 2 is 2.04 bits per heavy atom. The zero-order chi connectivity index (χ0) is 17.8. The first-order valence-corrected chi connectivity index (χ1v) is 9.10. The van der Waals surface area contributed by atoms with Gasteiger partial charge in [-0.3, -0.25) is 4.90 Å². The van der Waals surface area contributed by atoms with E-state index in [0.29, 0.717) is 41.4 Å². The van der Waals surface area contributed by atoms with Crippen LogP contribution in [0.1, 0.15) is 30.2 Å². The highest BCUT2D eigenvalue weighted by Crippen LogP contribution is 2.34. The number of nitrogens with one attached hydrogen (secondary N) is 1. The van der Waals surface area contributed by atoms with E-state index >= 15 is 0 Å². The number of rotatable bonds is 6. The van der Waals surface area contributed by atoms with Crippen molar-refractivity contribution in [2.24, 2.45) is 0 Å². The third-order valence-corrected chi connectivity index (χ3v) is 4.93. The predicted molar refractivity (Wildman–Crippen MR) is 97.2 cm³/mol. The second-order valence-electron chi connectivity index (χ2n) is 6.16. The van der Waals surface area contributed by atoms with Gasteiger partial charge in [-0.05, 0) is 31.7 Å². The number of ether oxygens (including phenoxy) is 1. The largest absolute Gasteiger partial charge is 0.379 e.